The number of anilines is 1. The number of aliphatic imine (C=N–C) groups is 1. The number of hydrogen-bond donors (Lipinski definition) is 2. The van der Waals surface area contributed by atoms with E-state index in [9.17, 15) is 13.6 Å². The molecule has 1 atom stereocenters. The van der Waals surface area contributed by atoms with E-state index in [1.54, 1.807) is 24.3 Å². The summed E-state index contributed by atoms with van der Waals surface area (Å²) in [4.78, 5) is 17.5. The van der Waals surface area contributed by atoms with Crippen LogP contribution in [0.2, 0.25) is 5.02 Å². The fourth-order valence-electron chi connectivity index (χ4n) is 4.63. The van der Waals surface area contributed by atoms with Gasteiger partial charge in [0.05, 0.1) is 23.5 Å². The molecule has 0 unspecified atom stereocenters. The van der Waals surface area contributed by atoms with E-state index in [1.165, 1.54) is 25.4 Å². The van der Waals surface area contributed by atoms with Crippen molar-refractivity contribution in [2.75, 3.05) is 12.4 Å². The maximum absolute atomic E-state index is 15.0. The summed E-state index contributed by atoms with van der Waals surface area (Å²) in [5.41, 5.74) is 4.10. The highest BCUT2D eigenvalue weighted by molar-refractivity contribution is 6.34. The number of nitrogens with zero attached hydrogens (tertiary/aromatic N) is 1. The molecule has 218 valence electrons. The van der Waals surface area contributed by atoms with Crippen LogP contribution in [0.25, 0.3) is 5.57 Å². The molecule has 2 aromatic carbocycles. The van der Waals surface area contributed by atoms with Gasteiger partial charge < -0.3 is 15.5 Å². The highest BCUT2D eigenvalue weighted by atomic mass is 35.5. The predicted octanol–water partition coefficient (Wildman–Crippen LogP) is 9.14. The summed E-state index contributed by atoms with van der Waals surface area (Å²) in [5.74, 6) is -2.00. The molecule has 0 aromatic heterocycles. The van der Waals surface area contributed by atoms with Crippen molar-refractivity contribution in [3.05, 3.63) is 112 Å². The number of ether oxygens (including phenoxy) is 1. The van der Waals surface area contributed by atoms with Gasteiger partial charge >= 0.3 is 0 Å². The van der Waals surface area contributed by atoms with Gasteiger partial charge in [0.15, 0.2) is 17.3 Å². The lowest BCUT2D eigenvalue weighted by atomic mass is 9.93. The fourth-order valence-corrected chi connectivity index (χ4v) is 4.92. The Bertz CT molecular complexity index is 1580. The lowest BCUT2D eigenvalue weighted by molar-refractivity contribution is 0.0965. The lowest BCUT2D eigenvalue weighted by Crippen LogP contribution is -2.14. The van der Waals surface area contributed by atoms with Crippen molar-refractivity contribution in [1.82, 2.24) is 0 Å². The van der Waals surface area contributed by atoms with Gasteiger partial charge in [-0.2, -0.15) is 4.39 Å². The average molecular weight is 590 g/mol. The number of hydrogen-bond acceptors (Lipinski definition) is 5. The maximum atomic E-state index is 15.0. The monoisotopic (exact) mass is 589 g/mol. The molecular formula is C34H34ClF2N3O2. The number of allylic oxidation sites excluding steroid dienone is 8. The number of carbonyl (C=O) groups is 1. The van der Waals surface area contributed by atoms with E-state index in [0.29, 0.717) is 63.8 Å². The third-order valence-electron chi connectivity index (χ3n) is 7.08. The second kappa shape index (κ2) is 13.7. The molecule has 0 amide bonds. The number of carbonyl (C=O) groups excluding carboxylic acids is 1. The van der Waals surface area contributed by atoms with Gasteiger partial charge in [-0.05, 0) is 61.1 Å². The lowest BCUT2D eigenvalue weighted by Gasteiger charge is -2.17. The molecule has 0 saturated carbocycles. The molecule has 8 heteroatoms. The molecule has 0 spiro atoms. The molecular weight excluding hydrogens is 556 g/mol. The van der Waals surface area contributed by atoms with E-state index in [4.69, 9.17) is 21.7 Å². The third-order valence-corrected chi connectivity index (χ3v) is 7.39. The molecule has 1 aliphatic carbocycles. The highest BCUT2D eigenvalue weighted by Crippen LogP contribution is 2.37. The SMILES string of the molecule is COc1ccc(C2=CN=C3C2=C/C=C\C/C=C/3Nc2ccc(C(=O)C[C@H](C)C/C=C/C(=N)C(C)C)c(Cl)c2)c(F)c1F. The van der Waals surface area contributed by atoms with Gasteiger partial charge in [0.2, 0.25) is 5.82 Å². The Morgan fingerprint density at radius 3 is 2.67 bits per heavy atom. The van der Waals surface area contributed by atoms with Gasteiger partial charge in [-0.25, -0.2) is 4.39 Å². The van der Waals surface area contributed by atoms with Crippen molar-refractivity contribution in [3.8, 4) is 5.75 Å². The van der Waals surface area contributed by atoms with Gasteiger partial charge in [0.25, 0.3) is 0 Å². The summed E-state index contributed by atoms with van der Waals surface area (Å²) in [6.07, 6.45) is 14.5. The zero-order chi connectivity index (χ0) is 30.4. The Hall–Kier alpha value is -4.10. The first kappa shape index (κ1) is 30.8. The number of benzene rings is 2. The topological polar surface area (TPSA) is 74.5 Å². The molecule has 0 radical (unpaired) electrons. The molecule has 0 saturated heterocycles. The van der Waals surface area contributed by atoms with Crippen LogP contribution >= 0.6 is 11.6 Å². The molecule has 4 rings (SSSR count). The largest absolute Gasteiger partial charge is 0.494 e. The summed E-state index contributed by atoms with van der Waals surface area (Å²) < 4.78 is 34.3. The maximum Gasteiger partial charge on any atom is 0.201 e. The van der Waals surface area contributed by atoms with E-state index in [0.717, 1.165) is 0 Å². The van der Waals surface area contributed by atoms with Gasteiger partial charge in [0.1, 0.15) is 0 Å². The van der Waals surface area contributed by atoms with Crippen LogP contribution in [0, 0.1) is 28.9 Å². The Balaban J connectivity index is 1.47. The first-order valence-corrected chi connectivity index (χ1v) is 14.2. The van der Waals surface area contributed by atoms with Crippen LogP contribution in [0.15, 0.2) is 89.3 Å². The smallest absolute Gasteiger partial charge is 0.201 e. The van der Waals surface area contributed by atoms with Gasteiger partial charge in [-0.3, -0.25) is 9.79 Å². The molecule has 1 aliphatic heterocycles. The van der Waals surface area contributed by atoms with Crippen LogP contribution in [0.3, 0.4) is 0 Å². The Morgan fingerprint density at radius 2 is 1.95 bits per heavy atom. The quantitative estimate of drug-likeness (QED) is 0.203. The normalized spacial score (nSPS) is 17.3. The molecule has 5 nitrogen and oxygen atoms in total. The number of halogens is 3. The second-order valence-corrected chi connectivity index (χ2v) is 11.0. The zero-order valence-corrected chi connectivity index (χ0v) is 24.9. The molecule has 42 heavy (non-hydrogen) atoms. The van der Waals surface area contributed by atoms with Crippen molar-refractivity contribution in [1.29, 1.82) is 5.41 Å². The van der Waals surface area contributed by atoms with Gasteiger partial charge in [0, 0.05) is 46.3 Å². The van der Waals surface area contributed by atoms with E-state index < -0.39 is 11.6 Å². The highest BCUT2D eigenvalue weighted by Gasteiger charge is 2.27. The number of fused-ring (bicyclic) bond motifs is 1. The van der Waals surface area contributed by atoms with Crippen molar-refractivity contribution < 1.29 is 18.3 Å². The molecule has 0 fully saturated rings. The number of methoxy groups -OCH3 is 1. The van der Waals surface area contributed by atoms with Crippen LogP contribution in [-0.4, -0.2) is 24.3 Å². The van der Waals surface area contributed by atoms with Gasteiger partial charge in [-0.1, -0.05) is 62.8 Å². The van der Waals surface area contributed by atoms with Crippen LogP contribution in [-0.2, 0) is 0 Å². The van der Waals surface area contributed by atoms with Crippen molar-refractivity contribution >= 4 is 40.1 Å². The minimum absolute atomic E-state index is 0.0466. The number of ketones is 1. The standard InChI is InChI=1S/C34H34ClF2N3O2/c1-20(2)28(38)11-8-9-21(3)17-30(41)25-14-13-22(18-27(25)35)40-29-12-7-5-6-10-24-26(19-39-34(24)29)23-15-16-31(42-4)33(37)32(23)36/h5-6,8,10-16,18-21,38,40H,7,9,17H2,1-4H3/b6-5-,11-8+,24-10?,29-12-,38-28?/t21-/m1/s1. The number of nitrogens with one attached hydrogen (secondary N) is 2. The Kier molecular flexibility index (Phi) is 10.1. The predicted molar refractivity (Wildman–Crippen MR) is 168 cm³/mol. The summed E-state index contributed by atoms with van der Waals surface area (Å²) in [6, 6.07) is 8.06. The van der Waals surface area contributed by atoms with E-state index in [-0.39, 0.29) is 28.9 Å². The van der Waals surface area contributed by atoms with E-state index >= 15 is 0 Å². The first-order valence-electron chi connectivity index (χ1n) is 13.8. The number of rotatable bonds is 11. The molecule has 2 N–H and O–H groups in total. The average Bonchev–Trinajstić information content (AvgIpc) is 3.34. The second-order valence-electron chi connectivity index (χ2n) is 10.6. The van der Waals surface area contributed by atoms with Crippen LogP contribution in [0.1, 0.15) is 56.0 Å². The van der Waals surface area contributed by atoms with Crippen molar-refractivity contribution in [2.45, 2.75) is 40.0 Å². The van der Waals surface area contributed by atoms with Crippen LogP contribution in [0.5, 0.6) is 5.75 Å². The summed E-state index contributed by atoms with van der Waals surface area (Å²) in [6.45, 7) is 5.95. The van der Waals surface area contributed by atoms with E-state index in [2.05, 4.69) is 10.3 Å². The molecule has 0 bridgehead atoms. The Morgan fingerprint density at radius 1 is 1.17 bits per heavy atom. The minimum atomic E-state index is -1.05. The zero-order valence-electron chi connectivity index (χ0n) is 24.1. The molecule has 2 aliphatic rings. The molecule has 2 aromatic rings. The van der Waals surface area contributed by atoms with Crippen molar-refractivity contribution in [3.63, 3.8) is 0 Å². The fraction of sp³-hybridized carbons (Fsp3) is 0.265. The minimum Gasteiger partial charge on any atom is -0.494 e. The summed E-state index contributed by atoms with van der Waals surface area (Å²) in [7, 11) is 1.29. The molecule has 1 heterocycles. The van der Waals surface area contributed by atoms with Crippen molar-refractivity contribution in [2.24, 2.45) is 16.8 Å². The summed E-state index contributed by atoms with van der Waals surface area (Å²) >= 11 is 6.56. The summed E-state index contributed by atoms with van der Waals surface area (Å²) in [5, 5.41) is 11.6. The van der Waals surface area contributed by atoms with E-state index in [1.807, 2.05) is 51.2 Å². The van der Waals surface area contributed by atoms with Crippen LogP contribution in [0.4, 0.5) is 14.5 Å². The Labute approximate surface area is 250 Å². The number of Topliss-reactive ketones (excluding diaryl/α,β-unsaturated/α-hetero) is 1. The first-order chi connectivity index (χ1) is 20.1. The third kappa shape index (κ3) is 7.02. The van der Waals surface area contributed by atoms with Gasteiger partial charge in [-0.15, -0.1) is 0 Å². The van der Waals surface area contributed by atoms with Crippen LogP contribution < -0.4 is 10.1 Å².